The van der Waals surface area contributed by atoms with Crippen LogP contribution >= 0.6 is 0 Å². The molecule has 1 amide bonds. The maximum atomic E-state index is 11.9. The van der Waals surface area contributed by atoms with E-state index >= 15 is 0 Å². The van der Waals surface area contributed by atoms with Crippen LogP contribution < -0.4 is 5.43 Å². The van der Waals surface area contributed by atoms with E-state index < -0.39 is 5.97 Å². The van der Waals surface area contributed by atoms with Gasteiger partial charge in [-0.1, -0.05) is 29.8 Å². The van der Waals surface area contributed by atoms with Crippen LogP contribution in [0.2, 0.25) is 0 Å². The Morgan fingerprint density at radius 2 is 1.82 bits per heavy atom. The Balaban J connectivity index is 1.97. The van der Waals surface area contributed by atoms with Gasteiger partial charge in [0.2, 0.25) is 0 Å². The number of carbonyl (C=O) groups excluding carboxylic acids is 2. The second kappa shape index (κ2) is 7.17. The van der Waals surface area contributed by atoms with Gasteiger partial charge in [-0.2, -0.15) is 5.10 Å². The maximum absolute atomic E-state index is 11.9. The maximum Gasteiger partial charge on any atom is 0.337 e. The summed E-state index contributed by atoms with van der Waals surface area (Å²) in [6.45, 7) is 1.92. The van der Waals surface area contributed by atoms with E-state index in [1.807, 2.05) is 19.1 Å². The minimum absolute atomic E-state index is 0.272. The number of nitrogens with one attached hydrogen (secondary N) is 1. The van der Waals surface area contributed by atoms with E-state index in [0.717, 1.165) is 11.1 Å². The number of aryl methyl sites for hydroxylation is 1. The Hall–Kier alpha value is -2.95. The molecular weight excluding hydrogens is 280 g/mol. The smallest absolute Gasteiger partial charge is 0.337 e. The van der Waals surface area contributed by atoms with E-state index in [-0.39, 0.29) is 5.91 Å². The third-order valence-electron chi connectivity index (χ3n) is 2.99. The average molecular weight is 296 g/mol. The van der Waals surface area contributed by atoms with Gasteiger partial charge < -0.3 is 4.74 Å². The zero-order valence-corrected chi connectivity index (χ0v) is 12.4. The van der Waals surface area contributed by atoms with E-state index in [4.69, 9.17) is 0 Å². The molecule has 2 aromatic carbocycles. The second-order valence-electron chi connectivity index (χ2n) is 4.68. The van der Waals surface area contributed by atoms with Gasteiger partial charge in [-0.15, -0.1) is 0 Å². The zero-order chi connectivity index (χ0) is 15.9. The first kappa shape index (κ1) is 15.4. The summed E-state index contributed by atoms with van der Waals surface area (Å²) in [4.78, 5) is 23.2. The lowest BCUT2D eigenvalue weighted by Gasteiger charge is -2.01. The molecule has 5 heteroatoms. The van der Waals surface area contributed by atoms with Crippen LogP contribution in [0.3, 0.4) is 0 Å². The number of esters is 1. The number of amides is 1. The van der Waals surface area contributed by atoms with Crippen molar-refractivity contribution in [3.05, 3.63) is 70.8 Å². The van der Waals surface area contributed by atoms with Crippen LogP contribution in [0, 0.1) is 6.92 Å². The Bertz CT molecular complexity index is 706. The van der Waals surface area contributed by atoms with Crippen molar-refractivity contribution in [3.63, 3.8) is 0 Å². The molecule has 22 heavy (non-hydrogen) atoms. The molecule has 112 valence electrons. The van der Waals surface area contributed by atoms with Crippen molar-refractivity contribution in [2.75, 3.05) is 7.11 Å². The van der Waals surface area contributed by atoms with Gasteiger partial charge in [0, 0.05) is 5.56 Å². The van der Waals surface area contributed by atoms with Crippen molar-refractivity contribution >= 4 is 18.1 Å². The Morgan fingerprint density at radius 3 is 2.45 bits per heavy atom. The van der Waals surface area contributed by atoms with Crippen LogP contribution in [-0.2, 0) is 4.74 Å². The summed E-state index contributed by atoms with van der Waals surface area (Å²) in [5, 5.41) is 3.90. The first-order valence-electron chi connectivity index (χ1n) is 6.68. The molecule has 0 fully saturated rings. The molecule has 0 aliphatic carbocycles. The zero-order valence-electron chi connectivity index (χ0n) is 12.4. The lowest BCUT2D eigenvalue weighted by Crippen LogP contribution is -2.17. The van der Waals surface area contributed by atoms with E-state index in [9.17, 15) is 9.59 Å². The van der Waals surface area contributed by atoms with Gasteiger partial charge in [0.05, 0.1) is 18.9 Å². The standard InChI is InChI=1S/C17H16N2O3/c1-12-4-3-5-15(10-12)16(20)19-18-11-13-6-8-14(9-7-13)17(21)22-2/h3-11H,1-2H3,(H,19,20). The molecule has 1 N–H and O–H groups in total. The quantitative estimate of drug-likeness (QED) is 0.535. The number of hydrazone groups is 1. The lowest BCUT2D eigenvalue weighted by molar-refractivity contribution is 0.0600. The van der Waals surface area contributed by atoms with Gasteiger partial charge in [0.15, 0.2) is 0 Å². The minimum Gasteiger partial charge on any atom is -0.465 e. The summed E-state index contributed by atoms with van der Waals surface area (Å²) in [7, 11) is 1.33. The number of hydrogen-bond donors (Lipinski definition) is 1. The van der Waals surface area contributed by atoms with Crippen LogP contribution in [0.25, 0.3) is 0 Å². The number of benzene rings is 2. The van der Waals surface area contributed by atoms with Crippen LogP contribution in [0.5, 0.6) is 0 Å². The summed E-state index contributed by atoms with van der Waals surface area (Å²) in [6.07, 6.45) is 1.51. The number of carbonyl (C=O) groups is 2. The molecule has 0 aliphatic rings. The normalized spacial score (nSPS) is 10.5. The largest absolute Gasteiger partial charge is 0.465 e. The molecule has 0 saturated carbocycles. The summed E-state index contributed by atoms with van der Waals surface area (Å²) in [6, 6.07) is 14.0. The van der Waals surface area contributed by atoms with Gasteiger partial charge >= 0.3 is 5.97 Å². The van der Waals surface area contributed by atoms with Crippen molar-refractivity contribution in [3.8, 4) is 0 Å². The van der Waals surface area contributed by atoms with Gasteiger partial charge in [0.1, 0.15) is 0 Å². The average Bonchev–Trinajstić information content (AvgIpc) is 2.54. The number of hydrogen-bond acceptors (Lipinski definition) is 4. The molecule has 2 aromatic rings. The van der Waals surface area contributed by atoms with Crippen LogP contribution in [0.1, 0.15) is 31.8 Å². The third kappa shape index (κ3) is 4.02. The topological polar surface area (TPSA) is 67.8 Å². The molecule has 0 aliphatic heterocycles. The van der Waals surface area contributed by atoms with Crippen molar-refractivity contribution in [2.24, 2.45) is 5.10 Å². The highest BCUT2D eigenvalue weighted by Gasteiger charge is 2.04. The van der Waals surface area contributed by atoms with Crippen molar-refractivity contribution < 1.29 is 14.3 Å². The fourth-order valence-corrected chi connectivity index (χ4v) is 1.84. The summed E-state index contributed by atoms with van der Waals surface area (Å²) in [5.41, 5.74) is 5.25. The molecular formula is C17H16N2O3. The summed E-state index contributed by atoms with van der Waals surface area (Å²) >= 11 is 0. The molecule has 0 bridgehead atoms. The highest BCUT2D eigenvalue weighted by atomic mass is 16.5. The van der Waals surface area contributed by atoms with E-state index in [2.05, 4.69) is 15.3 Å². The molecule has 0 saturated heterocycles. The Kier molecular flexibility index (Phi) is 5.03. The molecule has 2 rings (SSSR count). The molecule has 0 heterocycles. The second-order valence-corrected chi connectivity index (χ2v) is 4.68. The molecule has 0 radical (unpaired) electrons. The molecule has 0 spiro atoms. The highest BCUT2D eigenvalue weighted by molar-refractivity contribution is 5.95. The summed E-state index contributed by atoms with van der Waals surface area (Å²) < 4.78 is 4.62. The van der Waals surface area contributed by atoms with E-state index in [1.165, 1.54) is 13.3 Å². The molecule has 0 atom stereocenters. The molecule has 5 nitrogen and oxygen atoms in total. The van der Waals surface area contributed by atoms with Crippen LogP contribution in [-0.4, -0.2) is 25.2 Å². The van der Waals surface area contributed by atoms with Crippen molar-refractivity contribution in [1.82, 2.24) is 5.43 Å². The molecule has 0 unspecified atom stereocenters. The van der Waals surface area contributed by atoms with E-state index in [0.29, 0.717) is 11.1 Å². The van der Waals surface area contributed by atoms with Crippen molar-refractivity contribution in [2.45, 2.75) is 6.92 Å². The third-order valence-corrected chi connectivity index (χ3v) is 2.99. The lowest BCUT2D eigenvalue weighted by atomic mass is 10.1. The predicted molar refractivity (Wildman–Crippen MR) is 84.0 cm³/mol. The summed E-state index contributed by atoms with van der Waals surface area (Å²) in [5.74, 6) is -0.664. The first-order chi connectivity index (χ1) is 10.6. The number of rotatable bonds is 4. The van der Waals surface area contributed by atoms with Gasteiger partial charge in [-0.25, -0.2) is 10.2 Å². The SMILES string of the molecule is COC(=O)c1ccc(C=NNC(=O)c2cccc(C)c2)cc1. The van der Waals surface area contributed by atoms with Crippen LogP contribution in [0.15, 0.2) is 53.6 Å². The van der Waals surface area contributed by atoms with Gasteiger partial charge in [-0.3, -0.25) is 4.79 Å². The number of ether oxygens (including phenoxy) is 1. The van der Waals surface area contributed by atoms with Crippen molar-refractivity contribution in [1.29, 1.82) is 0 Å². The van der Waals surface area contributed by atoms with Crippen LogP contribution in [0.4, 0.5) is 0 Å². The Morgan fingerprint density at radius 1 is 1.09 bits per heavy atom. The van der Waals surface area contributed by atoms with E-state index in [1.54, 1.807) is 36.4 Å². The monoisotopic (exact) mass is 296 g/mol. The first-order valence-corrected chi connectivity index (χ1v) is 6.68. The minimum atomic E-state index is -0.392. The highest BCUT2D eigenvalue weighted by Crippen LogP contribution is 2.05. The fraction of sp³-hybridized carbons (Fsp3) is 0.118. The predicted octanol–water partition coefficient (Wildman–Crippen LogP) is 2.55. The number of nitrogens with zero attached hydrogens (tertiary/aromatic N) is 1. The van der Waals surface area contributed by atoms with Gasteiger partial charge in [-0.05, 0) is 36.8 Å². The molecule has 0 aromatic heterocycles. The Labute approximate surface area is 128 Å². The number of methoxy groups -OCH3 is 1. The fourth-order valence-electron chi connectivity index (χ4n) is 1.84. The van der Waals surface area contributed by atoms with Gasteiger partial charge in [0.25, 0.3) is 5.91 Å².